The van der Waals surface area contributed by atoms with E-state index in [0.717, 1.165) is 36.1 Å². The molecule has 2 aliphatic carbocycles. The number of carbonyl (C=O) groups excluding carboxylic acids is 2. The average molecular weight is 431 g/mol. The van der Waals surface area contributed by atoms with Crippen molar-refractivity contribution >= 4 is 23.0 Å². The third-order valence-electron chi connectivity index (χ3n) is 5.99. The highest BCUT2D eigenvalue weighted by atomic mass is 16.5. The molecule has 9 heteroatoms. The van der Waals surface area contributed by atoms with Crippen LogP contribution in [0.3, 0.4) is 0 Å². The number of methoxy groups -OCH3 is 1. The van der Waals surface area contributed by atoms with Gasteiger partial charge in [-0.2, -0.15) is 5.10 Å². The zero-order chi connectivity index (χ0) is 22.6. The number of ketones is 1. The third kappa shape index (κ3) is 4.95. The van der Waals surface area contributed by atoms with Gasteiger partial charge >= 0.3 is 0 Å². The van der Waals surface area contributed by atoms with E-state index in [4.69, 9.17) is 16.2 Å². The number of allylic oxidation sites excluding steroid dienone is 1. The SMILES string of the molecule is COc1ccc2c(c1)CCC/C2=C\C[C@]1(N)C(=O)CC/C1=N\NCC(O)C(O)C(N)=O. The smallest absolute Gasteiger partial charge is 0.249 e. The quantitative estimate of drug-likeness (QED) is 0.363. The van der Waals surface area contributed by atoms with Gasteiger partial charge in [-0.05, 0) is 60.9 Å². The van der Waals surface area contributed by atoms with Crippen LogP contribution in [-0.2, 0) is 16.0 Å². The van der Waals surface area contributed by atoms with E-state index in [1.165, 1.54) is 5.56 Å². The van der Waals surface area contributed by atoms with Crippen LogP contribution in [0.2, 0.25) is 0 Å². The Kier molecular flexibility index (Phi) is 7.09. The number of hydrogen-bond acceptors (Lipinski definition) is 8. The molecule has 168 valence electrons. The molecule has 1 fully saturated rings. The number of aryl methyl sites for hydroxylation is 1. The van der Waals surface area contributed by atoms with E-state index in [1.54, 1.807) is 7.11 Å². The molecule has 0 saturated heterocycles. The Bertz CT molecular complexity index is 913. The van der Waals surface area contributed by atoms with Crippen LogP contribution < -0.4 is 21.6 Å². The lowest BCUT2D eigenvalue weighted by Crippen LogP contribution is -2.50. The van der Waals surface area contributed by atoms with Crippen molar-refractivity contribution in [2.24, 2.45) is 16.6 Å². The first-order valence-corrected chi connectivity index (χ1v) is 10.4. The number of primary amides is 1. The first-order chi connectivity index (χ1) is 14.8. The number of Topliss-reactive ketones (excluding diaryl/α,β-unsaturated/α-hetero) is 1. The average Bonchev–Trinajstić information content (AvgIpc) is 3.05. The van der Waals surface area contributed by atoms with Gasteiger partial charge in [-0.25, -0.2) is 0 Å². The number of nitrogens with one attached hydrogen (secondary N) is 1. The molecule has 3 atom stereocenters. The van der Waals surface area contributed by atoms with Crippen molar-refractivity contribution in [3.63, 3.8) is 0 Å². The summed E-state index contributed by atoms with van der Waals surface area (Å²) in [5, 5.41) is 23.4. The van der Waals surface area contributed by atoms with Crippen LogP contribution in [-0.4, -0.2) is 59.0 Å². The summed E-state index contributed by atoms with van der Waals surface area (Å²) in [6, 6.07) is 6.02. The molecule has 0 bridgehead atoms. The fraction of sp³-hybridized carbons (Fsp3) is 0.500. The lowest BCUT2D eigenvalue weighted by Gasteiger charge is -2.24. The summed E-state index contributed by atoms with van der Waals surface area (Å²) in [6.45, 7) is -0.200. The predicted octanol–water partition coefficient (Wildman–Crippen LogP) is 0.0181. The van der Waals surface area contributed by atoms with Crippen molar-refractivity contribution in [2.75, 3.05) is 13.7 Å². The number of benzene rings is 1. The van der Waals surface area contributed by atoms with Crippen molar-refractivity contribution in [2.45, 2.75) is 56.3 Å². The Morgan fingerprint density at radius 2 is 2.10 bits per heavy atom. The molecule has 0 heterocycles. The van der Waals surface area contributed by atoms with E-state index in [0.29, 0.717) is 25.0 Å². The molecule has 1 aromatic carbocycles. The number of aliphatic hydroxyl groups excluding tert-OH is 2. The number of amides is 1. The minimum atomic E-state index is -1.70. The minimum Gasteiger partial charge on any atom is -0.497 e. The number of nitrogens with zero attached hydrogens (tertiary/aromatic N) is 1. The Morgan fingerprint density at radius 3 is 2.81 bits per heavy atom. The topological polar surface area (TPSA) is 160 Å². The Hall–Kier alpha value is -2.75. The van der Waals surface area contributed by atoms with Crippen molar-refractivity contribution in [3.05, 3.63) is 35.4 Å². The zero-order valence-corrected chi connectivity index (χ0v) is 17.6. The van der Waals surface area contributed by atoms with Gasteiger partial charge in [0.1, 0.15) is 17.4 Å². The zero-order valence-electron chi connectivity index (χ0n) is 17.6. The van der Waals surface area contributed by atoms with Crippen LogP contribution in [0.4, 0.5) is 0 Å². The molecule has 0 aromatic heterocycles. The van der Waals surface area contributed by atoms with Crippen LogP contribution >= 0.6 is 0 Å². The molecule has 9 nitrogen and oxygen atoms in total. The summed E-state index contributed by atoms with van der Waals surface area (Å²) in [6.07, 6.45) is 2.83. The number of hydrogen-bond donors (Lipinski definition) is 5. The summed E-state index contributed by atoms with van der Waals surface area (Å²) in [4.78, 5) is 23.5. The molecule has 3 rings (SSSR count). The van der Waals surface area contributed by atoms with E-state index < -0.39 is 23.7 Å². The lowest BCUT2D eigenvalue weighted by molar-refractivity contribution is -0.131. The molecule has 1 amide bonds. The first-order valence-electron chi connectivity index (χ1n) is 10.4. The summed E-state index contributed by atoms with van der Waals surface area (Å²) in [5.41, 5.74) is 16.8. The molecule has 0 aliphatic heterocycles. The van der Waals surface area contributed by atoms with Crippen LogP contribution in [0.5, 0.6) is 5.75 Å². The first kappa shape index (κ1) is 22.9. The highest BCUT2D eigenvalue weighted by Crippen LogP contribution is 2.35. The van der Waals surface area contributed by atoms with Crippen molar-refractivity contribution in [1.29, 1.82) is 0 Å². The van der Waals surface area contributed by atoms with E-state index in [-0.39, 0.29) is 12.3 Å². The number of fused-ring (bicyclic) bond motifs is 1. The van der Waals surface area contributed by atoms with Gasteiger partial charge in [-0.1, -0.05) is 12.1 Å². The number of rotatable bonds is 8. The molecule has 2 unspecified atom stereocenters. The molecule has 1 saturated carbocycles. The highest BCUT2D eigenvalue weighted by Gasteiger charge is 2.43. The van der Waals surface area contributed by atoms with Gasteiger partial charge < -0.3 is 31.8 Å². The molecular formula is C22H30N4O5. The second-order valence-electron chi connectivity index (χ2n) is 8.04. The number of hydrazone groups is 1. The van der Waals surface area contributed by atoms with Gasteiger partial charge in [0.15, 0.2) is 11.9 Å². The standard InChI is InChI=1S/C22H30N4O5/c1-31-15-5-6-16-13(3-2-4-14(16)11-15)9-10-22(24)18(7-8-19(22)28)26-25-12-17(27)20(29)21(23)30/h5-6,9,11,17,20,25,27,29H,2-4,7-8,10,12,24H2,1H3,(H2,23,30)/b13-9+,26-18+/t17?,20?,22-/m1/s1. The van der Waals surface area contributed by atoms with Crippen molar-refractivity contribution < 1.29 is 24.5 Å². The fourth-order valence-corrected chi connectivity index (χ4v) is 4.08. The molecule has 0 radical (unpaired) electrons. The van der Waals surface area contributed by atoms with Crippen molar-refractivity contribution in [3.8, 4) is 5.75 Å². The molecule has 7 N–H and O–H groups in total. The van der Waals surface area contributed by atoms with E-state index in [9.17, 15) is 19.8 Å². The lowest BCUT2D eigenvalue weighted by atomic mass is 9.84. The number of nitrogens with two attached hydrogens (primary N) is 2. The maximum absolute atomic E-state index is 12.6. The maximum atomic E-state index is 12.6. The minimum absolute atomic E-state index is 0.0895. The van der Waals surface area contributed by atoms with E-state index in [2.05, 4.69) is 10.5 Å². The Morgan fingerprint density at radius 1 is 1.32 bits per heavy atom. The van der Waals surface area contributed by atoms with Gasteiger partial charge in [0, 0.05) is 6.42 Å². The van der Waals surface area contributed by atoms with Crippen LogP contribution in [0, 0.1) is 0 Å². The fourth-order valence-electron chi connectivity index (χ4n) is 4.08. The van der Waals surface area contributed by atoms with Crippen molar-refractivity contribution in [1.82, 2.24) is 5.43 Å². The summed E-state index contributed by atoms with van der Waals surface area (Å²) < 4.78 is 5.32. The Labute approximate surface area is 181 Å². The highest BCUT2D eigenvalue weighted by molar-refractivity contribution is 6.19. The second-order valence-corrected chi connectivity index (χ2v) is 8.04. The van der Waals surface area contributed by atoms with Gasteiger partial charge in [0.2, 0.25) is 5.91 Å². The normalized spacial score (nSPS) is 25.4. The summed E-state index contributed by atoms with van der Waals surface area (Å²) >= 11 is 0. The van der Waals surface area contributed by atoms with Gasteiger partial charge in [-0.15, -0.1) is 0 Å². The van der Waals surface area contributed by atoms with E-state index >= 15 is 0 Å². The van der Waals surface area contributed by atoms with E-state index in [1.807, 2.05) is 24.3 Å². The Balaban J connectivity index is 1.74. The van der Waals surface area contributed by atoms with Crippen LogP contribution in [0.1, 0.15) is 43.2 Å². The molecule has 0 spiro atoms. The molecule has 2 aliphatic rings. The van der Waals surface area contributed by atoms with Gasteiger partial charge in [0.05, 0.1) is 19.4 Å². The number of ether oxygens (including phenoxy) is 1. The number of carbonyl (C=O) groups is 2. The monoisotopic (exact) mass is 430 g/mol. The van der Waals surface area contributed by atoms with Gasteiger partial charge in [0.25, 0.3) is 0 Å². The summed E-state index contributed by atoms with van der Waals surface area (Å²) in [7, 11) is 1.65. The van der Waals surface area contributed by atoms with Gasteiger partial charge in [-0.3, -0.25) is 9.59 Å². The molecular weight excluding hydrogens is 400 g/mol. The molecule has 1 aromatic rings. The third-order valence-corrected chi connectivity index (χ3v) is 5.99. The number of aliphatic hydroxyl groups is 2. The largest absolute Gasteiger partial charge is 0.497 e. The predicted molar refractivity (Wildman–Crippen MR) is 116 cm³/mol. The van der Waals surface area contributed by atoms with Crippen LogP contribution in [0.25, 0.3) is 5.57 Å². The second kappa shape index (κ2) is 9.59. The van der Waals surface area contributed by atoms with Crippen LogP contribution in [0.15, 0.2) is 29.4 Å². The molecule has 31 heavy (non-hydrogen) atoms. The maximum Gasteiger partial charge on any atom is 0.249 e. The summed E-state index contributed by atoms with van der Waals surface area (Å²) in [5.74, 6) is -0.290.